The van der Waals surface area contributed by atoms with Crippen LogP contribution >= 0.6 is 11.6 Å². The molecule has 0 unspecified atom stereocenters. The van der Waals surface area contributed by atoms with Gasteiger partial charge in [0.15, 0.2) is 12.4 Å². The fraction of sp³-hybridized carbons (Fsp3) is 0.0667. The summed E-state index contributed by atoms with van der Waals surface area (Å²) in [4.78, 5) is 33.6. The first kappa shape index (κ1) is 17.2. The largest absolute Gasteiger partial charge is 0.477 e. The van der Waals surface area contributed by atoms with E-state index in [9.17, 15) is 19.7 Å². The van der Waals surface area contributed by atoms with E-state index in [-0.39, 0.29) is 11.4 Å². The van der Waals surface area contributed by atoms with Crippen molar-refractivity contribution in [2.75, 3.05) is 6.61 Å². The van der Waals surface area contributed by atoms with Crippen molar-refractivity contribution in [3.05, 3.63) is 69.2 Å². The normalized spacial score (nSPS) is 9.88. The van der Waals surface area contributed by atoms with E-state index in [0.29, 0.717) is 10.6 Å². The molecular formula is C15H12ClN3O5. The van der Waals surface area contributed by atoms with E-state index >= 15 is 0 Å². The number of hydrogen-bond acceptors (Lipinski definition) is 5. The average molecular weight is 350 g/mol. The average Bonchev–Trinajstić information content (AvgIpc) is 2.58. The van der Waals surface area contributed by atoms with E-state index in [2.05, 4.69) is 10.9 Å². The molecule has 2 aromatic rings. The van der Waals surface area contributed by atoms with Gasteiger partial charge in [0.1, 0.15) is 0 Å². The molecule has 2 rings (SSSR count). The molecule has 2 N–H and O–H groups in total. The highest BCUT2D eigenvalue weighted by atomic mass is 35.5. The van der Waals surface area contributed by atoms with Gasteiger partial charge in [0.25, 0.3) is 11.8 Å². The molecule has 0 bridgehead atoms. The lowest BCUT2D eigenvalue weighted by Gasteiger charge is -2.09. The Bertz CT molecular complexity index is 764. The summed E-state index contributed by atoms with van der Waals surface area (Å²) in [6.45, 7) is -0.494. The van der Waals surface area contributed by atoms with E-state index in [0.717, 1.165) is 0 Å². The number of para-hydroxylation sites is 2. The number of carbonyl (C=O) groups excluding carboxylic acids is 2. The van der Waals surface area contributed by atoms with Crippen LogP contribution in [0.15, 0.2) is 48.5 Å². The van der Waals surface area contributed by atoms with Crippen LogP contribution < -0.4 is 15.6 Å². The van der Waals surface area contributed by atoms with E-state index in [1.54, 1.807) is 6.07 Å². The first-order chi connectivity index (χ1) is 11.5. The molecule has 24 heavy (non-hydrogen) atoms. The molecule has 124 valence electrons. The molecule has 2 aromatic carbocycles. The van der Waals surface area contributed by atoms with Crippen LogP contribution in [0.5, 0.6) is 5.75 Å². The summed E-state index contributed by atoms with van der Waals surface area (Å²) in [6, 6.07) is 11.7. The van der Waals surface area contributed by atoms with Crippen LogP contribution in [0.1, 0.15) is 10.4 Å². The number of nitrogens with one attached hydrogen (secondary N) is 2. The first-order valence-corrected chi connectivity index (χ1v) is 7.06. The Morgan fingerprint density at radius 2 is 1.75 bits per heavy atom. The summed E-state index contributed by atoms with van der Waals surface area (Å²) in [5.74, 6) is -1.25. The molecule has 0 aliphatic rings. The number of rotatable bonds is 5. The van der Waals surface area contributed by atoms with Gasteiger partial charge in [-0.3, -0.25) is 30.6 Å². The minimum Gasteiger partial charge on any atom is -0.477 e. The van der Waals surface area contributed by atoms with Gasteiger partial charge < -0.3 is 4.74 Å². The molecule has 0 spiro atoms. The summed E-state index contributed by atoms with van der Waals surface area (Å²) in [5.41, 5.74) is 4.40. The molecule has 0 heterocycles. The second-order valence-corrected chi connectivity index (χ2v) is 4.96. The quantitative estimate of drug-likeness (QED) is 0.634. The zero-order valence-corrected chi connectivity index (χ0v) is 12.9. The highest BCUT2D eigenvalue weighted by molar-refractivity contribution is 6.30. The SMILES string of the molecule is O=C(COc1ccccc1[N+](=O)[O-])NNC(=O)c1ccc(Cl)cc1. The highest BCUT2D eigenvalue weighted by Crippen LogP contribution is 2.25. The van der Waals surface area contributed by atoms with Gasteiger partial charge in [-0.2, -0.15) is 0 Å². The number of carbonyl (C=O) groups is 2. The van der Waals surface area contributed by atoms with Crippen molar-refractivity contribution in [2.24, 2.45) is 0 Å². The van der Waals surface area contributed by atoms with Gasteiger partial charge >= 0.3 is 5.69 Å². The van der Waals surface area contributed by atoms with Crippen molar-refractivity contribution in [3.8, 4) is 5.75 Å². The maximum absolute atomic E-state index is 11.8. The fourth-order valence-electron chi connectivity index (χ4n) is 1.71. The lowest BCUT2D eigenvalue weighted by atomic mass is 10.2. The monoisotopic (exact) mass is 349 g/mol. The Morgan fingerprint density at radius 1 is 1.08 bits per heavy atom. The van der Waals surface area contributed by atoms with Gasteiger partial charge in [-0.25, -0.2) is 0 Å². The molecule has 8 nitrogen and oxygen atoms in total. The lowest BCUT2D eigenvalue weighted by Crippen LogP contribution is -2.43. The molecule has 0 aromatic heterocycles. The molecule has 0 fully saturated rings. The molecule has 0 aliphatic carbocycles. The molecule has 0 saturated carbocycles. The number of hydrazine groups is 1. The number of amides is 2. The number of hydrogen-bond donors (Lipinski definition) is 2. The molecule has 0 radical (unpaired) electrons. The number of halogens is 1. The Balaban J connectivity index is 1.85. The van der Waals surface area contributed by atoms with Gasteiger partial charge in [0.2, 0.25) is 0 Å². The van der Waals surface area contributed by atoms with E-state index in [4.69, 9.17) is 16.3 Å². The minimum absolute atomic E-state index is 0.0401. The van der Waals surface area contributed by atoms with Crippen LogP contribution in [0.4, 0.5) is 5.69 Å². The number of benzene rings is 2. The number of nitrogens with zero attached hydrogens (tertiary/aromatic N) is 1. The van der Waals surface area contributed by atoms with Crippen molar-refractivity contribution in [1.29, 1.82) is 0 Å². The second-order valence-electron chi connectivity index (χ2n) is 4.52. The smallest absolute Gasteiger partial charge is 0.310 e. The zero-order chi connectivity index (χ0) is 17.5. The molecule has 0 saturated heterocycles. The molecule has 9 heteroatoms. The van der Waals surface area contributed by atoms with Crippen molar-refractivity contribution in [1.82, 2.24) is 10.9 Å². The summed E-state index contributed by atoms with van der Waals surface area (Å²) in [5, 5.41) is 11.3. The summed E-state index contributed by atoms with van der Waals surface area (Å²) >= 11 is 5.71. The van der Waals surface area contributed by atoms with E-state index < -0.39 is 23.3 Å². The molecule has 0 atom stereocenters. The van der Waals surface area contributed by atoms with Crippen LogP contribution in [-0.2, 0) is 4.79 Å². The first-order valence-electron chi connectivity index (χ1n) is 6.68. The predicted octanol–water partition coefficient (Wildman–Crippen LogP) is 2.09. The number of ether oxygens (including phenoxy) is 1. The number of nitro benzene ring substituents is 1. The van der Waals surface area contributed by atoms with Crippen molar-refractivity contribution in [2.45, 2.75) is 0 Å². The van der Waals surface area contributed by atoms with Crippen molar-refractivity contribution >= 4 is 29.1 Å². The van der Waals surface area contributed by atoms with Gasteiger partial charge in [0, 0.05) is 16.7 Å². The van der Waals surface area contributed by atoms with Gasteiger partial charge in [-0.15, -0.1) is 0 Å². The van der Waals surface area contributed by atoms with E-state index in [1.807, 2.05) is 0 Å². The Hall–Kier alpha value is -3.13. The van der Waals surface area contributed by atoms with Gasteiger partial charge in [-0.05, 0) is 30.3 Å². The third-order valence-corrected chi connectivity index (χ3v) is 3.09. The maximum atomic E-state index is 11.8. The topological polar surface area (TPSA) is 111 Å². The summed E-state index contributed by atoms with van der Waals surface area (Å²) < 4.78 is 5.09. The lowest BCUT2D eigenvalue weighted by molar-refractivity contribution is -0.385. The van der Waals surface area contributed by atoms with Gasteiger partial charge in [-0.1, -0.05) is 23.7 Å². The van der Waals surface area contributed by atoms with Crippen LogP contribution in [0.2, 0.25) is 5.02 Å². The second kappa shape index (κ2) is 7.93. The Morgan fingerprint density at radius 3 is 2.42 bits per heavy atom. The van der Waals surface area contributed by atoms with E-state index in [1.165, 1.54) is 42.5 Å². The fourth-order valence-corrected chi connectivity index (χ4v) is 1.84. The van der Waals surface area contributed by atoms with Gasteiger partial charge in [0.05, 0.1) is 4.92 Å². The van der Waals surface area contributed by atoms with Crippen LogP contribution in [-0.4, -0.2) is 23.3 Å². The molecular weight excluding hydrogens is 338 g/mol. The standard InChI is InChI=1S/C15H12ClN3O5/c16-11-7-5-10(6-8-11)15(21)18-17-14(20)9-24-13-4-2-1-3-12(13)19(22)23/h1-8H,9H2,(H,17,20)(H,18,21). The highest BCUT2D eigenvalue weighted by Gasteiger charge is 2.15. The summed E-state index contributed by atoms with van der Waals surface area (Å²) in [6.07, 6.45) is 0. The van der Waals surface area contributed by atoms with Crippen molar-refractivity contribution in [3.63, 3.8) is 0 Å². The maximum Gasteiger partial charge on any atom is 0.310 e. The zero-order valence-electron chi connectivity index (χ0n) is 12.2. The van der Waals surface area contributed by atoms with Crippen LogP contribution in [0.25, 0.3) is 0 Å². The molecule has 0 aliphatic heterocycles. The third-order valence-electron chi connectivity index (χ3n) is 2.84. The van der Waals surface area contributed by atoms with Crippen LogP contribution in [0, 0.1) is 10.1 Å². The summed E-state index contributed by atoms with van der Waals surface area (Å²) in [7, 11) is 0. The number of nitro groups is 1. The van der Waals surface area contributed by atoms with Crippen LogP contribution in [0.3, 0.4) is 0 Å². The Kier molecular flexibility index (Phi) is 5.69. The predicted molar refractivity (Wildman–Crippen MR) is 85.7 cm³/mol. The van der Waals surface area contributed by atoms with Crippen molar-refractivity contribution < 1.29 is 19.2 Å². The Labute approximate surface area is 141 Å². The molecule has 2 amide bonds. The minimum atomic E-state index is -0.671. The third kappa shape index (κ3) is 4.68.